The smallest absolute Gasteiger partial charge is 0.251 e. The minimum absolute atomic E-state index is 0.0738. The third-order valence-corrected chi connectivity index (χ3v) is 2.12. The maximum absolute atomic E-state index is 11.8. The maximum atomic E-state index is 11.8. The van der Waals surface area contributed by atoms with Gasteiger partial charge in [-0.1, -0.05) is 6.07 Å². The van der Waals surface area contributed by atoms with E-state index >= 15 is 0 Å². The highest BCUT2D eigenvalue weighted by molar-refractivity contribution is 5.94. The SMILES string of the molecule is CC(CO)NC(=O)c1cccc(OC(C)C)c1. The first-order valence-electron chi connectivity index (χ1n) is 5.71. The van der Waals surface area contributed by atoms with Crippen molar-refractivity contribution in [3.63, 3.8) is 0 Å². The standard InChI is InChI=1S/C13H19NO3/c1-9(2)17-12-6-4-5-11(7-12)13(16)14-10(3)8-15/h4-7,9-10,15H,8H2,1-3H3,(H,14,16). The lowest BCUT2D eigenvalue weighted by atomic mass is 10.2. The van der Waals surface area contributed by atoms with Crippen molar-refractivity contribution in [2.75, 3.05) is 6.61 Å². The van der Waals surface area contributed by atoms with Crippen molar-refractivity contribution in [3.8, 4) is 5.75 Å². The van der Waals surface area contributed by atoms with E-state index in [2.05, 4.69) is 5.32 Å². The normalized spacial score (nSPS) is 12.3. The second-order valence-corrected chi connectivity index (χ2v) is 4.25. The van der Waals surface area contributed by atoms with E-state index < -0.39 is 0 Å². The molecule has 1 rings (SSSR count). The van der Waals surface area contributed by atoms with Gasteiger partial charge in [0.15, 0.2) is 0 Å². The minimum Gasteiger partial charge on any atom is -0.491 e. The van der Waals surface area contributed by atoms with Crippen LogP contribution < -0.4 is 10.1 Å². The first kappa shape index (κ1) is 13.5. The van der Waals surface area contributed by atoms with Gasteiger partial charge in [0.2, 0.25) is 0 Å². The molecule has 0 bridgehead atoms. The molecule has 1 amide bonds. The predicted octanol–water partition coefficient (Wildman–Crippen LogP) is 1.58. The largest absolute Gasteiger partial charge is 0.491 e. The lowest BCUT2D eigenvalue weighted by Gasteiger charge is -2.13. The van der Waals surface area contributed by atoms with Crippen LogP contribution in [0.3, 0.4) is 0 Å². The minimum atomic E-state index is -0.253. The van der Waals surface area contributed by atoms with Gasteiger partial charge in [0.1, 0.15) is 5.75 Å². The molecule has 0 aromatic heterocycles. The third-order valence-electron chi connectivity index (χ3n) is 2.12. The molecule has 2 N–H and O–H groups in total. The fraction of sp³-hybridized carbons (Fsp3) is 0.462. The second kappa shape index (κ2) is 6.25. The number of rotatable bonds is 5. The number of carbonyl (C=O) groups excluding carboxylic acids is 1. The van der Waals surface area contributed by atoms with E-state index in [1.54, 1.807) is 25.1 Å². The molecule has 0 spiro atoms. The number of amides is 1. The number of aliphatic hydroxyl groups is 1. The summed E-state index contributed by atoms with van der Waals surface area (Å²) in [5, 5.41) is 11.5. The van der Waals surface area contributed by atoms with Crippen LogP contribution >= 0.6 is 0 Å². The van der Waals surface area contributed by atoms with Crippen molar-refractivity contribution in [3.05, 3.63) is 29.8 Å². The number of hydrogen-bond donors (Lipinski definition) is 2. The zero-order valence-electron chi connectivity index (χ0n) is 10.4. The number of carbonyl (C=O) groups is 1. The van der Waals surface area contributed by atoms with Gasteiger partial charge in [0, 0.05) is 11.6 Å². The monoisotopic (exact) mass is 237 g/mol. The number of hydrogen-bond acceptors (Lipinski definition) is 3. The molecule has 0 fully saturated rings. The molecule has 0 saturated heterocycles. The van der Waals surface area contributed by atoms with Crippen LogP contribution in [0.4, 0.5) is 0 Å². The molecule has 4 nitrogen and oxygen atoms in total. The molecule has 17 heavy (non-hydrogen) atoms. The molecule has 0 saturated carbocycles. The van der Waals surface area contributed by atoms with Crippen LogP contribution in [0.2, 0.25) is 0 Å². The van der Waals surface area contributed by atoms with Gasteiger partial charge in [0.05, 0.1) is 12.7 Å². The number of aliphatic hydroxyl groups excluding tert-OH is 1. The summed E-state index contributed by atoms with van der Waals surface area (Å²) in [5.41, 5.74) is 0.531. The summed E-state index contributed by atoms with van der Waals surface area (Å²) >= 11 is 0. The average molecular weight is 237 g/mol. The van der Waals surface area contributed by atoms with Crippen molar-refractivity contribution >= 4 is 5.91 Å². The van der Waals surface area contributed by atoms with E-state index in [0.29, 0.717) is 11.3 Å². The van der Waals surface area contributed by atoms with Crippen molar-refractivity contribution < 1.29 is 14.6 Å². The first-order valence-corrected chi connectivity index (χ1v) is 5.71. The number of benzene rings is 1. The summed E-state index contributed by atoms with van der Waals surface area (Å²) in [5.74, 6) is 0.463. The molecule has 1 unspecified atom stereocenters. The summed E-state index contributed by atoms with van der Waals surface area (Å²) in [4.78, 5) is 11.8. The molecule has 0 radical (unpaired) electrons. The molecule has 0 aliphatic rings. The Morgan fingerprint density at radius 2 is 2.12 bits per heavy atom. The third kappa shape index (κ3) is 4.44. The van der Waals surface area contributed by atoms with E-state index in [-0.39, 0.29) is 24.7 Å². The van der Waals surface area contributed by atoms with E-state index in [1.807, 2.05) is 19.9 Å². The molecular formula is C13H19NO3. The quantitative estimate of drug-likeness (QED) is 0.817. The Hall–Kier alpha value is -1.55. The van der Waals surface area contributed by atoms with E-state index in [4.69, 9.17) is 9.84 Å². The lowest BCUT2D eigenvalue weighted by Crippen LogP contribution is -2.34. The van der Waals surface area contributed by atoms with Crippen LogP contribution in [0.15, 0.2) is 24.3 Å². The van der Waals surface area contributed by atoms with Gasteiger partial charge in [-0.15, -0.1) is 0 Å². The van der Waals surface area contributed by atoms with Crippen LogP contribution in [0.1, 0.15) is 31.1 Å². The molecule has 94 valence electrons. The second-order valence-electron chi connectivity index (χ2n) is 4.25. The summed E-state index contributed by atoms with van der Waals surface area (Å²) in [6.45, 7) is 5.53. The van der Waals surface area contributed by atoms with Gasteiger partial charge in [-0.05, 0) is 39.0 Å². The van der Waals surface area contributed by atoms with Crippen molar-refractivity contribution in [2.45, 2.75) is 32.9 Å². The summed E-state index contributed by atoms with van der Waals surface area (Å²) in [6.07, 6.45) is 0.0738. The molecular weight excluding hydrogens is 218 g/mol. The average Bonchev–Trinajstić information content (AvgIpc) is 2.28. The van der Waals surface area contributed by atoms with E-state index in [9.17, 15) is 4.79 Å². The molecule has 4 heteroatoms. The summed E-state index contributed by atoms with van der Waals surface area (Å²) in [6, 6.07) is 6.74. The van der Waals surface area contributed by atoms with Gasteiger partial charge >= 0.3 is 0 Å². The summed E-state index contributed by atoms with van der Waals surface area (Å²) in [7, 11) is 0. The Balaban J connectivity index is 2.73. The van der Waals surface area contributed by atoms with Crippen LogP contribution in [0.5, 0.6) is 5.75 Å². The van der Waals surface area contributed by atoms with Crippen LogP contribution in [0, 0.1) is 0 Å². The molecule has 1 aromatic rings. The van der Waals surface area contributed by atoms with Gasteiger partial charge < -0.3 is 15.2 Å². The van der Waals surface area contributed by atoms with E-state index in [0.717, 1.165) is 0 Å². The van der Waals surface area contributed by atoms with Gasteiger partial charge in [-0.2, -0.15) is 0 Å². The highest BCUT2D eigenvalue weighted by Crippen LogP contribution is 2.14. The molecule has 1 atom stereocenters. The maximum Gasteiger partial charge on any atom is 0.251 e. The lowest BCUT2D eigenvalue weighted by molar-refractivity contribution is 0.0921. The highest BCUT2D eigenvalue weighted by Gasteiger charge is 2.09. The fourth-order valence-corrected chi connectivity index (χ4v) is 1.34. The Morgan fingerprint density at radius 3 is 2.71 bits per heavy atom. The fourth-order valence-electron chi connectivity index (χ4n) is 1.34. The van der Waals surface area contributed by atoms with E-state index in [1.165, 1.54) is 0 Å². The predicted molar refractivity (Wildman–Crippen MR) is 66.2 cm³/mol. The van der Waals surface area contributed by atoms with Crippen LogP contribution in [0.25, 0.3) is 0 Å². The first-order chi connectivity index (χ1) is 8.02. The van der Waals surface area contributed by atoms with Crippen LogP contribution in [-0.2, 0) is 0 Å². The van der Waals surface area contributed by atoms with Crippen molar-refractivity contribution in [1.29, 1.82) is 0 Å². The number of nitrogens with one attached hydrogen (secondary N) is 1. The summed E-state index contributed by atoms with van der Waals surface area (Å²) < 4.78 is 5.51. The Kier molecular flexibility index (Phi) is 4.97. The Morgan fingerprint density at radius 1 is 1.41 bits per heavy atom. The molecule has 0 aliphatic heterocycles. The Bertz CT molecular complexity index is 377. The molecule has 1 aromatic carbocycles. The van der Waals surface area contributed by atoms with Gasteiger partial charge in [-0.25, -0.2) is 0 Å². The van der Waals surface area contributed by atoms with Crippen molar-refractivity contribution in [2.24, 2.45) is 0 Å². The Labute approximate surface area is 102 Å². The van der Waals surface area contributed by atoms with Crippen molar-refractivity contribution in [1.82, 2.24) is 5.32 Å². The number of ether oxygens (including phenoxy) is 1. The van der Waals surface area contributed by atoms with Gasteiger partial charge in [-0.3, -0.25) is 4.79 Å². The zero-order chi connectivity index (χ0) is 12.8. The zero-order valence-corrected chi connectivity index (χ0v) is 10.4. The van der Waals surface area contributed by atoms with Crippen LogP contribution in [-0.4, -0.2) is 29.8 Å². The molecule has 0 aliphatic carbocycles. The molecule has 0 heterocycles. The topological polar surface area (TPSA) is 58.6 Å². The van der Waals surface area contributed by atoms with Gasteiger partial charge in [0.25, 0.3) is 5.91 Å². The highest BCUT2D eigenvalue weighted by atomic mass is 16.5.